The van der Waals surface area contributed by atoms with E-state index in [2.05, 4.69) is 18.4 Å². The van der Waals surface area contributed by atoms with Crippen LogP contribution in [0.5, 0.6) is 0 Å². The average molecular weight is 737 g/mol. The van der Waals surface area contributed by atoms with Crippen molar-refractivity contribution >= 4 is 25.7 Å². The molecule has 0 aliphatic carbocycles. The van der Waals surface area contributed by atoms with Crippen molar-refractivity contribution in [3.05, 3.63) is 0 Å². The summed E-state index contributed by atoms with van der Waals surface area (Å²) in [6.45, 7) is 2.37. The first-order valence-electron chi connectivity index (χ1n) is 20.0. The van der Waals surface area contributed by atoms with Gasteiger partial charge in [-0.15, -0.1) is 0 Å². The van der Waals surface area contributed by atoms with Crippen LogP contribution in [0.25, 0.3) is 0 Å². The molecule has 0 fully saturated rings. The fourth-order valence-electron chi connectivity index (χ4n) is 5.72. The van der Waals surface area contributed by atoms with Gasteiger partial charge in [0.25, 0.3) is 0 Å². The van der Waals surface area contributed by atoms with Crippen LogP contribution in [0.3, 0.4) is 0 Å². The van der Waals surface area contributed by atoms with E-state index in [1.807, 2.05) is 0 Å². The number of aliphatic hydroxyl groups is 1. The molecule has 0 aromatic heterocycles. The highest BCUT2D eigenvalue weighted by atomic mass is 31.2. The van der Waals surface area contributed by atoms with Crippen LogP contribution >= 0.6 is 7.82 Å². The van der Waals surface area contributed by atoms with Gasteiger partial charge in [-0.25, -0.2) is 9.36 Å². The molecule has 0 aliphatic rings. The van der Waals surface area contributed by atoms with Crippen LogP contribution in [0.2, 0.25) is 0 Å². The van der Waals surface area contributed by atoms with Crippen LogP contribution in [0, 0.1) is 0 Å². The molecule has 0 saturated heterocycles. The van der Waals surface area contributed by atoms with Crippen LogP contribution in [0.15, 0.2) is 0 Å². The minimum Gasteiger partial charge on any atom is -0.479 e. The van der Waals surface area contributed by atoms with Crippen LogP contribution in [-0.4, -0.2) is 65.0 Å². The Bertz CT molecular complexity index is 870. The summed E-state index contributed by atoms with van der Waals surface area (Å²) in [5.41, 5.74) is 0. The summed E-state index contributed by atoms with van der Waals surface area (Å²) in [5, 5.41) is 18.1. The number of unbranched alkanes of at least 4 members (excludes halogenated alkanes) is 24. The first kappa shape index (κ1) is 48.5. The maximum Gasteiger partial charge on any atom is 0.473 e. The quantitative estimate of drug-likeness (QED) is 0.0314. The molecule has 0 spiro atoms. The van der Waals surface area contributed by atoms with Gasteiger partial charge in [0.15, 0.2) is 12.2 Å². The number of carbonyl (C=O) groups is 3. The van der Waals surface area contributed by atoms with E-state index >= 15 is 0 Å². The van der Waals surface area contributed by atoms with Gasteiger partial charge in [0.2, 0.25) is 0 Å². The van der Waals surface area contributed by atoms with Crippen LogP contribution in [0.4, 0.5) is 0 Å². The summed E-state index contributed by atoms with van der Waals surface area (Å²) >= 11 is 0. The normalized spacial score (nSPS) is 13.8. The molecule has 0 aliphatic heterocycles. The lowest BCUT2D eigenvalue weighted by atomic mass is 10.0. The molecule has 3 atom stereocenters. The SMILES string of the molecule is CCCCCCCCCCCCCCCC(=O)OCC(COP(=O)(O)OC(CO)C(=O)O)OC(=O)CCCCCCCCCCCCCCC. The molecule has 50 heavy (non-hydrogen) atoms. The number of carboxylic acid groups (broad SMARTS) is 1. The van der Waals surface area contributed by atoms with E-state index in [0.29, 0.717) is 12.8 Å². The number of phosphoric ester groups is 1. The standard InChI is InChI=1S/C38H73O11P/c1-3-5-7-9-11-13-15-17-19-21-23-25-27-29-36(40)46-32-34(33-47-50(44,45)49-35(31-39)38(42)43)48-37(41)30-28-26-24-22-20-18-16-14-12-10-8-6-4-2/h34-35,39H,3-33H2,1-2H3,(H,42,43)(H,44,45). The number of ether oxygens (including phenoxy) is 2. The summed E-state index contributed by atoms with van der Waals surface area (Å²) in [4.78, 5) is 45.9. The van der Waals surface area contributed by atoms with Crippen LogP contribution < -0.4 is 0 Å². The first-order chi connectivity index (χ1) is 24.1. The predicted molar refractivity (Wildman–Crippen MR) is 197 cm³/mol. The summed E-state index contributed by atoms with van der Waals surface area (Å²) in [6.07, 6.45) is 27.9. The second kappa shape index (κ2) is 34.6. The minimum atomic E-state index is -4.93. The van der Waals surface area contributed by atoms with E-state index in [9.17, 15) is 23.8 Å². The second-order valence-electron chi connectivity index (χ2n) is 13.7. The lowest BCUT2D eigenvalue weighted by molar-refractivity contribution is -0.161. The van der Waals surface area contributed by atoms with Crippen molar-refractivity contribution in [1.82, 2.24) is 0 Å². The number of hydrogen-bond donors (Lipinski definition) is 3. The third-order valence-corrected chi connectivity index (χ3v) is 9.82. The number of rotatable bonds is 38. The Morgan fingerprint density at radius 2 is 0.920 bits per heavy atom. The summed E-state index contributed by atoms with van der Waals surface area (Å²) in [5.74, 6) is -2.67. The molecule has 0 amide bonds. The predicted octanol–water partition coefficient (Wildman–Crippen LogP) is 9.98. The monoisotopic (exact) mass is 736 g/mol. The number of aliphatic carboxylic acids is 1. The molecule has 3 unspecified atom stereocenters. The maximum atomic E-state index is 12.6. The van der Waals surface area contributed by atoms with Crippen molar-refractivity contribution in [3.8, 4) is 0 Å². The third-order valence-electron chi connectivity index (χ3n) is 8.82. The molecular formula is C38H73O11P. The van der Waals surface area contributed by atoms with Crippen molar-refractivity contribution in [3.63, 3.8) is 0 Å². The Morgan fingerprint density at radius 1 is 0.560 bits per heavy atom. The number of carbonyl (C=O) groups excluding carboxylic acids is 2. The van der Waals surface area contributed by atoms with Crippen molar-refractivity contribution in [2.24, 2.45) is 0 Å². The maximum absolute atomic E-state index is 12.6. The average Bonchev–Trinajstić information content (AvgIpc) is 3.08. The molecule has 0 rings (SSSR count). The summed E-state index contributed by atoms with van der Waals surface area (Å²) < 4.78 is 32.3. The van der Waals surface area contributed by atoms with Crippen LogP contribution in [0.1, 0.15) is 194 Å². The Morgan fingerprint density at radius 3 is 1.28 bits per heavy atom. The van der Waals surface area contributed by atoms with E-state index in [1.54, 1.807) is 0 Å². The lowest BCUT2D eigenvalue weighted by Crippen LogP contribution is -2.31. The van der Waals surface area contributed by atoms with Gasteiger partial charge in [-0.2, -0.15) is 0 Å². The van der Waals surface area contributed by atoms with Crippen molar-refractivity contribution in [1.29, 1.82) is 0 Å². The van der Waals surface area contributed by atoms with E-state index in [0.717, 1.165) is 38.5 Å². The van der Waals surface area contributed by atoms with E-state index in [-0.39, 0.29) is 19.4 Å². The molecule has 11 nitrogen and oxygen atoms in total. The minimum absolute atomic E-state index is 0.139. The highest BCUT2D eigenvalue weighted by Gasteiger charge is 2.32. The first-order valence-corrected chi connectivity index (χ1v) is 21.5. The van der Waals surface area contributed by atoms with Gasteiger partial charge in [-0.1, -0.05) is 168 Å². The fraction of sp³-hybridized carbons (Fsp3) is 0.921. The molecule has 0 heterocycles. The Balaban J connectivity index is 4.42. The molecule has 0 saturated carbocycles. The molecular weight excluding hydrogens is 663 g/mol. The van der Waals surface area contributed by atoms with Gasteiger partial charge in [0.1, 0.15) is 6.61 Å². The smallest absolute Gasteiger partial charge is 0.473 e. The number of esters is 2. The molecule has 296 valence electrons. The van der Waals surface area contributed by atoms with E-state index in [1.165, 1.54) is 116 Å². The van der Waals surface area contributed by atoms with Gasteiger partial charge >= 0.3 is 25.7 Å². The van der Waals surface area contributed by atoms with Gasteiger partial charge in [-0.05, 0) is 12.8 Å². The van der Waals surface area contributed by atoms with E-state index < -0.39 is 51.2 Å². The van der Waals surface area contributed by atoms with Gasteiger partial charge in [-0.3, -0.25) is 18.6 Å². The molecule has 0 bridgehead atoms. The highest BCUT2D eigenvalue weighted by molar-refractivity contribution is 7.47. The van der Waals surface area contributed by atoms with Crippen molar-refractivity contribution < 1.29 is 52.6 Å². The zero-order valence-corrected chi connectivity index (χ0v) is 32.5. The van der Waals surface area contributed by atoms with Gasteiger partial charge in [0, 0.05) is 12.8 Å². The number of carboxylic acids is 1. The largest absolute Gasteiger partial charge is 0.479 e. The van der Waals surface area contributed by atoms with E-state index in [4.69, 9.17) is 24.2 Å². The molecule has 0 aromatic rings. The molecule has 0 radical (unpaired) electrons. The number of hydrogen-bond acceptors (Lipinski definition) is 9. The van der Waals surface area contributed by atoms with Gasteiger partial charge < -0.3 is 24.6 Å². The highest BCUT2D eigenvalue weighted by Crippen LogP contribution is 2.44. The Hall–Kier alpha value is -1.52. The molecule has 3 N–H and O–H groups in total. The molecule has 12 heteroatoms. The second-order valence-corrected chi connectivity index (χ2v) is 15.1. The zero-order chi connectivity index (χ0) is 37.1. The summed E-state index contributed by atoms with van der Waals surface area (Å²) in [7, 11) is -4.93. The number of phosphoric acid groups is 1. The molecule has 0 aromatic carbocycles. The fourth-order valence-corrected chi connectivity index (χ4v) is 6.61. The zero-order valence-electron chi connectivity index (χ0n) is 31.6. The lowest BCUT2D eigenvalue weighted by Gasteiger charge is -2.21. The Kier molecular flexibility index (Phi) is 33.5. The topological polar surface area (TPSA) is 166 Å². The Labute approximate surface area is 303 Å². The van der Waals surface area contributed by atoms with Crippen LogP contribution in [-0.2, 0) is 37.5 Å². The number of aliphatic hydroxyl groups excluding tert-OH is 1. The van der Waals surface area contributed by atoms with Crippen molar-refractivity contribution in [2.45, 2.75) is 206 Å². The summed E-state index contributed by atoms with van der Waals surface area (Å²) in [6, 6.07) is 0. The van der Waals surface area contributed by atoms with Crippen molar-refractivity contribution in [2.75, 3.05) is 19.8 Å². The van der Waals surface area contributed by atoms with Gasteiger partial charge in [0.05, 0.1) is 13.2 Å². The third kappa shape index (κ3) is 32.4.